The highest BCUT2D eigenvalue weighted by Crippen LogP contribution is 2.32. The quantitative estimate of drug-likeness (QED) is 0.578. The summed E-state index contributed by atoms with van der Waals surface area (Å²) in [5.74, 6) is 4.63. The smallest absolute Gasteiger partial charge is 0.298 e. The summed E-state index contributed by atoms with van der Waals surface area (Å²) < 4.78 is 35.2. The van der Waals surface area contributed by atoms with Gasteiger partial charge in [0.25, 0.3) is 12.3 Å². The van der Waals surface area contributed by atoms with Gasteiger partial charge in [0.05, 0.1) is 30.8 Å². The first kappa shape index (κ1) is 19.8. The summed E-state index contributed by atoms with van der Waals surface area (Å²) in [4.78, 5) is 17.8. The van der Waals surface area contributed by atoms with Crippen molar-refractivity contribution in [2.45, 2.75) is 38.3 Å². The number of rotatable bonds is 6. The van der Waals surface area contributed by atoms with E-state index in [0.29, 0.717) is 29.9 Å². The molecule has 0 aromatic carbocycles. The van der Waals surface area contributed by atoms with E-state index in [-0.39, 0.29) is 12.1 Å². The highest BCUT2D eigenvalue weighted by molar-refractivity contribution is 5.93. The van der Waals surface area contributed by atoms with Gasteiger partial charge in [0.15, 0.2) is 0 Å². The molecule has 1 amide bonds. The molecule has 3 aromatic heterocycles. The van der Waals surface area contributed by atoms with Gasteiger partial charge in [-0.2, -0.15) is 10.2 Å². The van der Waals surface area contributed by atoms with Crippen LogP contribution in [0, 0.1) is 11.8 Å². The zero-order valence-electron chi connectivity index (χ0n) is 16.5. The highest BCUT2D eigenvalue weighted by Gasteiger charge is 2.38. The second kappa shape index (κ2) is 8.10. The zero-order valence-corrected chi connectivity index (χ0v) is 16.5. The lowest BCUT2D eigenvalue weighted by Gasteiger charge is -2.41. The van der Waals surface area contributed by atoms with E-state index in [1.54, 1.807) is 33.9 Å². The number of ether oxygens (including phenoxy) is 1. The highest BCUT2D eigenvalue weighted by atomic mass is 19.3. The van der Waals surface area contributed by atoms with Crippen LogP contribution in [-0.2, 0) is 11.8 Å². The summed E-state index contributed by atoms with van der Waals surface area (Å²) in [6.07, 6.45) is 4.98. The van der Waals surface area contributed by atoms with Crippen LogP contribution in [0.4, 0.5) is 8.78 Å². The Labute approximate surface area is 171 Å². The van der Waals surface area contributed by atoms with Crippen molar-refractivity contribution in [1.82, 2.24) is 29.3 Å². The molecular weight excluding hydrogens is 394 g/mol. The van der Waals surface area contributed by atoms with Crippen LogP contribution >= 0.6 is 0 Å². The van der Waals surface area contributed by atoms with Crippen molar-refractivity contribution in [2.75, 3.05) is 6.54 Å². The first-order chi connectivity index (χ1) is 14.4. The van der Waals surface area contributed by atoms with E-state index >= 15 is 0 Å². The molecule has 4 rings (SSSR count). The Morgan fingerprint density at radius 2 is 2.17 bits per heavy atom. The summed E-state index contributed by atoms with van der Waals surface area (Å²) in [7, 11) is 1.82. The van der Waals surface area contributed by atoms with Gasteiger partial charge in [0.1, 0.15) is 11.6 Å². The fourth-order valence-electron chi connectivity index (χ4n) is 3.45. The molecule has 0 atom stereocenters. The van der Waals surface area contributed by atoms with Gasteiger partial charge < -0.3 is 9.64 Å². The molecule has 1 saturated carbocycles. The van der Waals surface area contributed by atoms with Crippen molar-refractivity contribution in [1.29, 1.82) is 0 Å². The molecule has 0 spiro atoms. The molecule has 3 heterocycles. The standard InChI is InChI=1S/C20H20F2N6O2/c1-3-4-19(29)27(12-18(21)22)14-7-15(8-14)30-20-17-5-6-23-28(17)11-16(25-20)13-9-24-26(2)10-13/h5-6,9-11,14-15,18H,7-8,12H2,1-2H3. The van der Waals surface area contributed by atoms with Gasteiger partial charge in [0.2, 0.25) is 5.88 Å². The lowest BCUT2D eigenvalue weighted by Crippen LogP contribution is -2.52. The molecule has 0 aliphatic heterocycles. The van der Waals surface area contributed by atoms with Crippen molar-refractivity contribution < 1.29 is 18.3 Å². The third-order valence-electron chi connectivity index (χ3n) is 4.97. The summed E-state index contributed by atoms with van der Waals surface area (Å²) in [5, 5.41) is 8.42. The average Bonchev–Trinajstić information content (AvgIpc) is 3.31. The van der Waals surface area contributed by atoms with Gasteiger partial charge in [-0.15, -0.1) is 0 Å². The number of aryl methyl sites for hydroxylation is 1. The lowest BCUT2D eigenvalue weighted by atomic mass is 9.87. The number of alkyl halides is 2. The minimum absolute atomic E-state index is 0.243. The average molecular weight is 414 g/mol. The van der Waals surface area contributed by atoms with E-state index in [1.165, 1.54) is 6.92 Å². The SMILES string of the molecule is CC#CC(=O)N(CC(F)F)C1CC(Oc2nc(-c3cnn(C)c3)cn3nccc23)C1. The first-order valence-corrected chi connectivity index (χ1v) is 9.46. The maximum atomic E-state index is 12.9. The number of amides is 1. The number of fused-ring (bicyclic) bond motifs is 1. The number of hydrogen-bond acceptors (Lipinski definition) is 5. The third-order valence-corrected chi connectivity index (χ3v) is 4.97. The minimum atomic E-state index is -2.61. The maximum Gasteiger partial charge on any atom is 0.298 e. The minimum Gasteiger partial charge on any atom is -0.473 e. The van der Waals surface area contributed by atoms with E-state index < -0.39 is 18.9 Å². The molecule has 1 aliphatic carbocycles. The fraction of sp³-hybridized carbons (Fsp3) is 0.400. The summed E-state index contributed by atoms with van der Waals surface area (Å²) in [6.45, 7) is 0.870. The molecule has 0 N–H and O–H groups in total. The Bertz CT molecular complexity index is 1120. The van der Waals surface area contributed by atoms with Gasteiger partial charge >= 0.3 is 0 Å². The molecular formula is C20H20F2N6O2. The van der Waals surface area contributed by atoms with E-state index in [4.69, 9.17) is 4.74 Å². The van der Waals surface area contributed by atoms with Gasteiger partial charge in [0, 0.05) is 37.7 Å². The van der Waals surface area contributed by atoms with Crippen LogP contribution in [-0.4, -0.2) is 60.3 Å². The molecule has 1 fully saturated rings. The molecule has 0 bridgehead atoms. The molecule has 0 unspecified atom stereocenters. The topological polar surface area (TPSA) is 77.6 Å². The van der Waals surface area contributed by atoms with E-state index in [2.05, 4.69) is 27.0 Å². The largest absolute Gasteiger partial charge is 0.473 e. The Balaban J connectivity index is 1.51. The van der Waals surface area contributed by atoms with E-state index in [1.807, 2.05) is 13.2 Å². The zero-order chi connectivity index (χ0) is 21.3. The maximum absolute atomic E-state index is 12.9. The van der Waals surface area contributed by atoms with Crippen molar-refractivity contribution in [2.24, 2.45) is 7.05 Å². The summed E-state index contributed by atoms with van der Waals surface area (Å²) in [6, 6.07) is 1.45. The van der Waals surface area contributed by atoms with Crippen molar-refractivity contribution in [3.8, 4) is 29.0 Å². The van der Waals surface area contributed by atoms with Crippen molar-refractivity contribution in [3.63, 3.8) is 0 Å². The Hall–Kier alpha value is -3.48. The van der Waals surface area contributed by atoms with E-state index in [9.17, 15) is 13.6 Å². The van der Waals surface area contributed by atoms with Crippen LogP contribution in [0.1, 0.15) is 19.8 Å². The molecule has 0 radical (unpaired) electrons. The van der Waals surface area contributed by atoms with Crippen molar-refractivity contribution in [3.05, 3.63) is 30.9 Å². The molecule has 10 heteroatoms. The normalized spacial score (nSPS) is 18.0. The predicted molar refractivity (Wildman–Crippen MR) is 104 cm³/mol. The molecule has 0 saturated heterocycles. The molecule has 1 aliphatic rings. The lowest BCUT2D eigenvalue weighted by molar-refractivity contribution is -0.133. The van der Waals surface area contributed by atoms with Crippen LogP contribution < -0.4 is 4.74 Å². The molecule has 8 nitrogen and oxygen atoms in total. The third kappa shape index (κ3) is 3.96. The Morgan fingerprint density at radius 1 is 1.37 bits per heavy atom. The van der Waals surface area contributed by atoms with E-state index in [0.717, 1.165) is 10.5 Å². The number of carbonyl (C=O) groups is 1. The van der Waals surface area contributed by atoms with Crippen LogP contribution in [0.5, 0.6) is 5.88 Å². The summed E-state index contributed by atoms with van der Waals surface area (Å²) in [5.41, 5.74) is 2.17. The number of nitrogens with zero attached hydrogens (tertiary/aromatic N) is 6. The molecule has 156 valence electrons. The fourth-order valence-corrected chi connectivity index (χ4v) is 3.45. The number of halogens is 2. The van der Waals surface area contributed by atoms with Gasteiger partial charge in [-0.3, -0.25) is 9.48 Å². The number of aromatic nitrogens is 5. The van der Waals surface area contributed by atoms with Crippen LogP contribution in [0.25, 0.3) is 16.8 Å². The summed E-state index contributed by atoms with van der Waals surface area (Å²) >= 11 is 0. The van der Waals surface area contributed by atoms with Crippen molar-refractivity contribution >= 4 is 11.4 Å². The first-order valence-electron chi connectivity index (χ1n) is 9.46. The van der Waals surface area contributed by atoms with Crippen LogP contribution in [0.3, 0.4) is 0 Å². The Morgan fingerprint density at radius 3 is 2.83 bits per heavy atom. The molecule has 3 aromatic rings. The van der Waals surface area contributed by atoms with Crippen LogP contribution in [0.2, 0.25) is 0 Å². The molecule has 30 heavy (non-hydrogen) atoms. The second-order valence-electron chi connectivity index (χ2n) is 7.08. The van der Waals surface area contributed by atoms with Gasteiger partial charge in [-0.05, 0) is 18.9 Å². The van der Waals surface area contributed by atoms with Crippen LogP contribution in [0.15, 0.2) is 30.9 Å². The number of carbonyl (C=O) groups excluding carboxylic acids is 1. The number of hydrogen-bond donors (Lipinski definition) is 0. The predicted octanol–water partition coefficient (Wildman–Crippen LogP) is 2.16. The second-order valence-corrected chi connectivity index (χ2v) is 7.08. The monoisotopic (exact) mass is 414 g/mol. The van der Waals surface area contributed by atoms with Gasteiger partial charge in [-0.25, -0.2) is 18.3 Å². The van der Waals surface area contributed by atoms with Gasteiger partial charge in [-0.1, -0.05) is 5.92 Å². The Kier molecular flexibility index (Phi) is 5.35.